The van der Waals surface area contributed by atoms with Crippen LogP contribution in [-0.2, 0) is 16.1 Å². The van der Waals surface area contributed by atoms with Crippen molar-refractivity contribution in [1.29, 1.82) is 0 Å². The summed E-state index contributed by atoms with van der Waals surface area (Å²) >= 11 is 0. The summed E-state index contributed by atoms with van der Waals surface area (Å²) in [6, 6.07) is 7.39. The van der Waals surface area contributed by atoms with E-state index in [1.807, 2.05) is 29.8 Å². The van der Waals surface area contributed by atoms with Gasteiger partial charge in [-0.05, 0) is 43.2 Å². The minimum atomic E-state index is 0.492. The van der Waals surface area contributed by atoms with Gasteiger partial charge in [0.15, 0.2) is 0 Å². The first kappa shape index (κ1) is 17.9. The van der Waals surface area contributed by atoms with E-state index in [1.54, 1.807) is 12.1 Å². The van der Waals surface area contributed by atoms with Gasteiger partial charge in [-0.3, -0.25) is 4.79 Å². The zero-order valence-electron chi connectivity index (χ0n) is 14.9. The molecule has 1 amide bonds. The van der Waals surface area contributed by atoms with Gasteiger partial charge in [-0.2, -0.15) is 4.98 Å². The van der Waals surface area contributed by atoms with E-state index in [1.165, 1.54) is 6.33 Å². The van der Waals surface area contributed by atoms with Gasteiger partial charge in [-0.25, -0.2) is 4.98 Å². The molecule has 26 heavy (non-hydrogen) atoms. The van der Waals surface area contributed by atoms with Crippen LogP contribution in [0.2, 0.25) is 0 Å². The molecule has 0 atom stereocenters. The molecule has 7 heteroatoms. The third-order valence-electron chi connectivity index (χ3n) is 3.97. The summed E-state index contributed by atoms with van der Waals surface area (Å²) in [6.45, 7) is 6.07. The third-order valence-corrected chi connectivity index (χ3v) is 3.97. The lowest BCUT2D eigenvalue weighted by Crippen LogP contribution is -2.06. The zero-order valence-corrected chi connectivity index (χ0v) is 14.9. The summed E-state index contributed by atoms with van der Waals surface area (Å²) in [5, 5.41) is 2.66. The highest BCUT2D eigenvalue weighted by Gasteiger charge is 2.12. The van der Waals surface area contributed by atoms with Gasteiger partial charge in [0.05, 0.1) is 12.1 Å². The summed E-state index contributed by atoms with van der Waals surface area (Å²) in [5.74, 6) is 1.14. The fraction of sp³-hybridized carbons (Fsp3) is 0.316. The van der Waals surface area contributed by atoms with Crippen molar-refractivity contribution in [3.8, 4) is 11.6 Å². The number of fused-ring (bicyclic) bond motifs is 1. The fourth-order valence-electron chi connectivity index (χ4n) is 2.71. The summed E-state index contributed by atoms with van der Waals surface area (Å²) in [5.41, 5.74) is 3.31. The minimum absolute atomic E-state index is 0.492. The number of aryl methyl sites for hydroxylation is 1. The van der Waals surface area contributed by atoms with Crippen molar-refractivity contribution in [1.82, 2.24) is 14.5 Å². The molecule has 0 saturated heterocycles. The van der Waals surface area contributed by atoms with Gasteiger partial charge in [0.1, 0.15) is 17.6 Å². The second-order valence-corrected chi connectivity index (χ2v) is 5.88. The molecule has 2 heterocycles. The highest BCUT2D eigenvalue weighted by atomic mass is 16.5. The maximum atomic E-state index is 10.6. The largest absolute Gasteiger partial charge is 0.437 e. The molecular formula is C19H22N4O3. The Hall–Kier alpha value is -2.93. The van der Waals surface area contributed by atoms with Crippen LogP contribution in [0.15, 0.2) is 36.8 Å². The maximum absolute atomic E-state index is 10.6. The number of carbonyl (C=O) groups excluding carboxylic acids is 1. The lowest BCUT2D eigenvalue weighted by Gasteiger charge is -2.11. The molecule has 0 fully saturated rings. The lowest BCUT2D eigenvalue weighted by molar-refractivity contribution is -0.105. The van der Waals surface area contributed by atoms with Crippen molar-refractivity contribution in [2.24, 2.45) is 0 Å². The number of amides is 1. The molecule has 1 N–H and O–H groups in total. The van der Waals surface area contributed by atoms with E-state index in [-0.39, 0.29) is 0 Å². The summed E-state index contributed by atoms with van der Waals surface area (Å²) in [7, 11) is 0. The number of benzene rings is 1. The number of hydrogen-bond donors (Lipinski definition) is 1. The standard InChI is InChI=1S/C19H22N4O3/c1-3-9-25-10-8-23-7-6-17-18(23)19(21-12-20-17)26-15-4-5-16(22-13-24)14(2)11-15/h4-7,11-13H,3,8-10H2,1-2H3,(H,22,24). The molecule has 136 valence electrons. The van der Waals surface area contributed by atoms with Crippen LogP contribution in [0.5, 0.6) is 11.6 Å². The Bertz CT molecular complexity index is 892. The van der Waals surface area contributed by atoms with Gasteiger partial charge in [0, 0.05) is 25.0 Å². The van der Waals surface area contributed by atoms with Gasteiger partial charge < -0.3 is 19.4 Å². The van der Waals surface area contributed by atoms with E-state index in [0.717, 1.165) is 35.3 Å². The second-order valence-electron chi connectivity index (χ2n) is 5.88. The Morgan fingerprint density at radius 2 is 2.12 bits per heavy atom. The molecule has 0 bridgehead atoms. The molecule has 3 aromatic rings. The SMILES string of the molecule is CCCOCCn1ccc2ncnc(Oc3ccc(NC=O)c(C)c3)c21. The van der Waals surface area contributed by atoms with E-state index in [9.17, 15) is 4.79 Å². The van der Waals surface area contributed by atoms with Gasteiger partial charge in [-0.1, -0.05) is 6.92 Å². The molecule has 0 aliphatic heterocycles. The molecule has 0 unspecified atom stereocenters. The lowest BCUT2D eigenvalue weighted by atomic mass is 10.2. The molecule has 3 rings (SSSR count). The number of hydrogen-bond acceptors (Lipinski definition) is 5. The Morgan fingerprint density at radius 3 is 2.88 bits per heavy atom. The van der Waals surface area contributed by atoms with Crippen molar-refractivity contribution in [3.05, 3.63) is 42.4 Å². The van der Waals surface area contributed by atoms with Crippen LogP contribution in [0.1, 0.15) is 18.9 Å². The number of rotatable bonds is 9. The number of ether oxygens (including phenoxy) is 2. The van der Waals surface area contributed by atoms with Crippen molar-refractivity contribution in [2.75, 3.05) is 18.5 Å². The molecule has 0 saturated carbocycles. The zero-order chi connectivity index (χ0) is 18.4. The average molecular weight is 354 g/mol. The number of aromatic nitrogens is 3. The van der Waals surface area contributed by atoms with E-state index >= 15 is 0 Å². The number of carbonyl (C=O) groups is 1. The Labute approximate surface area is 152 Å². The smallest absolute Gasteiger partial charge is 0.247 e. The van der Waals surface area contributed by atoms with Crippen LogP contribution in [-0.4, -0.2) is 34.2 Å². The Morgan fingerprint density at radius 1 is 1.23 bits per heavy atom. The number of nitrogens with zero attached hydrogens (tertiary/aromatic N) is 3. The number of nitrogens with one attached hydrogen (secondary N) is 1. The van der Waals surface area contributed by atoms with Crippen molar-refractivity contribution >= 4 is 23.1 Å². The first-order valence-electron chi connectivity index (χ1n) is 8.59. The second kappa shape index (κ2) is 8.44. The van der Waals surface area contributed by atoms with Crippen molar-refractivity contribution < 1.29 is 14.3 Å². The Balaban J connectivity index is 1.84. The predicted molar refractivity (Wildman–Crippen MR) is 99.6 cm³/mol. The van der Waals surface area contributed by atoms with Crippen LogP contribution in [0.25, 0.3) is 11.0 Å². The third kappa shape index (κ3) is 4.00. The Kier molecular flexibility index (Phi) is 5.80. The molecular weight excluding hydrogens is 332 g/mol. The van der Waals surface area contributed by atoms with Crippen LogP contribution in [0, 0.1) is 6.92 Å². The average Bonchev–Trinajstić information content (AvgIpc) is 3.05. The van der Waals surface area contributed by atoms with Gasteiger partial charge in [-0.15, -0.1) is 0 Å². The van der Waals surface area contributed by atoms with Crippen LogP contribution in [0.4, 0.5) is 5.69 Å². The topological polar surface area (TPSA) is 78.3 Å². The highest BCUT2D eigenvalue weighted by molar-refractivity contribution is 5.81. The fourth-order valence-corrected chi connectivity index (χ4v) is 2.71. The van der Waals surface area contributed by atoms with Gasteiger partial charge >= 0.3 is 0 Å². The van der Waals surface area contributed by atoms with Gasteiger partial charge in [0.25, 0.3) is 0 Å². The van der Waals surface area contributed by atoms with E-state index in [2.05, 4.69) is 22.2 Å². The molecule has 1 aromatic carbocycles. The molecule has 0 aliphatic rings. The first-order valence-corrected chi connectivity index (χ1v) is 8.59. The van der Waals surface area contributed by atoms with E-state index in [4.69, 9.17) is 9.47 Å². The summed E-state index contributed by atoms with van der Waals surface area (Å²) in [4.78, 5) is 19.2. The molecule has 0 radical (unpaired) electrons. The van der Waals surface area contributed by atoms with Crippen LogP contribution < -0.4 is 10.1 Å². The minimum Gasteiger partial charge on any atom is -0.437 e. The van der Waals surface area contributed by atoms with E-state index in [0.29, 0.717) is 31.2 Å². The summed E-state index contributed by atoms with van der Waals surface area (Å²) in [6.07, 6.45) is 5.11. The molecule has 2 aromatic heterocycles. The normalized spacial score (nSPS) is 10.8. The van der Waals surface area contributed by atoms with Crippen LogP contribution >= 0.6 is 0 Å². The number of anilines is 1. The quantitative estimate of drug-likeness (QED) is 0.470. The van der Waals surface area contributed by atoms with Crippen molar-refractivity contribution in [2.45, 2.75) is 26.8 Å². The predicted octanol–water partition coefficient (Wildman–Crippen LogP) is 3.53. The first-order chi connectivity index (χ1) is 12.7. The summed E-state index contributed by atoms with van der Waals surface area (Å²) < 4.78 is 13.6. The van der Waals surface area contributed by atoms with Crippen LogP contribution in [0.3, 0.4) is 0 Å². The van der Waals surface area contributed by atoms with Crippen molar-refractivity contribution in [3.63, 3.8) is 0 Å². The molecule has 0 spiro atoms. The maximum Gasteiger partial charge on any atom is 0.247 e. The molecule has 7 nitrogen and oxygen atoms in total. The van der Waals surface area contributed by atoms with Gasteiger partial charge in [0.2, 0.25) is 12.3 Å². The highest BCUT2D eigenvalue weighted by Crippen LogP contribution is 2.29. The monoisotopic (exact) mass is 354 g/mol. The van der Waals surface area contributed by atoms with E-state index < -0.39 is 0 Å². The molecule has 0 aliphatic carbocycles.